The molecule has 1 aromatic carbocycles. The molecule has 0 spiro atoms. The Hall–Kier alpha value is -2.96. The molecule has 26 heavy (non-hydrogen) atoms. The van der Waals surface area contributed by atoms with Gasteiger partial charge in [0, 0.05) is 38.1 Å². The predicted molar refractivity (Wildman–Crippen MR) is 95.3 cm³/mol. The van der Waals surface area contributed by atoms with Gasteiger partial charge in [-0.3, -0.25) is 14.7 Å². The van der Waals surface area contributed by atoms with Crippen LogP contribution in [0.2, 0.25) is 0 Å². The highest BCUT2D eigenvalue weighted by Crippen LogP contribution is 2.19. The number of hydrogen-bond donors (Lipinski definition) is 1. The van der Waals surface area contributed by atoms with E-state index in [1.54, 1.807) is 18.2 Å². The van der Waals surface area contributed by atoms with Crippen molar-refractivity contribution in [2.45, 2.75) is 25.7 Å². The molecule has 0 radical (unpaired) electrons. The minimum Gasteiger partial charge on any atom is -0.342 e. The lowest BCUT2D eigenvalue weighted by Crippen LogP contribution is -2.36. The zero-order valence-corrected chi connectivity index (χ0v) is 14.2. The molecule has 0 saturated carbocycles. The highest BCUT2D eigenvalue weighted by molar-refractivity contribution is 5.76. The maximum atomic E-state index is 13.1. The summed E-state index contributed by atoms with van der Waals surface area (Å²) in [6, 6.07) is 9.30. The normalized spacial score (nSPS) is 15.0. The molecular weight excluding hydrogens is 335 g/mol. The Bertz CT molecular complexity index is 1010. The number of amides is 1. The first-order chi connectivity index (χ1) is 12.6. The molecule has 1 N–H and O–H groups in total. The first-order valence-corrected chi connectivity index (χ1v) is 8.75. The molecule has 1 amide bonds. The van der Waals surface area contributed by atoms with Gasteiger partial charge in [0.05, 0.1) is 11.4 Å². The monoisotopic (exact) mass is 354 g/mol. The van der Waals surface area contributed by atoms with Crippen molar-refractivity contribution in [2.24, 2.45) is 0 Å². The van der Waals surface area contributed by atoms with Gasteiger partial charge in [0.25, 0.3) is 5.56 Å². The summed E-state index contributed by atoms with van der Waals surface area (Å²) in [6.45, 7) is 1.36. The number of fused-ring (bicyclic) bond motifs is 1. The number of H-pyrrole nitrogens is 1. The van der Waals surface area contributed by atoms with E-state index in [9.17, 15) is 14.0 Å². The average Bonchev–Trinajstić information content (AvgIpc) is 3.06. The van der Waals surface area contributed by atoms with Crippen molar-refractivity contribution in [1.82, 2.24) is 19.5 Å². The number of nitrogens with zero attached hydrogens (tertiary/aromatic N) is 3. The number of carbonyl (C=O) groups excluding carboxylic acids is 1. The number of carbonyl (C=O) groups is 1. The quantitative estimate of drug-likeness (QED) is 0.782. The van der Waals surface area contributed by atoms with E-state index in [-0.39, 0.29) is 17.3 Å². The van der Waals surface area contributed by atoms with Crippen molar-refractivity contribution < 1.29 is 9.18 Å². The highest BCUT2D eigenvalue weighted by atomic mass is 19.1. The summed E-state index contributed by atoms with van der Waals surface area (Å²) in [5.41, 5.74) is 2.44. The van der Waals surface area contributed by atoms with Crippen LogP contribution in [0.1, 0.15) is 25.0 Å². The van der Waals surface area contributed by atoms with Crippen LogP contribution in [-0.2, 0) is 11.2 Å². The van der Waals surface area contributed by atoms with E-state index < -0.39 is 0 Å². The molecule has 2 aromatic heterocycles. The van der Waals surface area contributed by atoms with Gasteiger partial charge in [0.15, 0.2) is 5.65 Å². The molecule has 1 aliphatic heterocycles. The molecular formula is C19H19FN4O2. The molecule has 3 aromatic rings. The van der Waals surface area contributed by atoms with Crippen molar-refractivity contribution in [3.05, 3.63) is 58.3 Å². The lowest BCUT2D eigenvalue weighted by Gasteiger charge is -2.26. The zero-order chi connectivity index (χ0) is 18.1. The second kappa shape index (κ2) is 6.74. The number of hydrogen-bond acceptors (Lipinski definition) is 3. The van der Waals surface area contributed by atoms with Crippen molar-refractivity contribution in [2.75, 3.05) is 13.1 Å². The summed E-state index contributed by atoms with van der Waals surface area (Å²) in [4.78, 5) is 30.6. The largest absolute Gasteiger partial charge is 0.342 e. The molecule has 4 rings (SSSR count). The van der Waals surface area contributed by atoms with Crippen LogP contribution in [0.15, 0.2) is 41.2 Å². The molecule has 1 saturated heterocycles. The molecule has 134 valence electrons. The Labute approximate surface area is 149 Å². The van der Waals surface area contributed by atoms with Gasteiger partial charge in [-0.2, -0.15) is 0 Å². The second-order valence-corrected chi connectivity index (χ2v) is 6.54. The van der Waals surface area contributed by atoms with E-state index in [1.807, 2.05) is 4.90 Å². The summed E-state index contributed by atoms with van der Waals surface area (Å²) >= 11 is 0. The number of likely N-dealkylation sites (tertiary alicyclic amines) is 1. The molecule has 0 unspecified atom stereocenters. The third-order valence-corrected chi connectivity index (χ3v) is 4.72. The Morgan fingerprint density at radius 3 is 2.69 bits per heavy atom. The summed E-state index contributed by atoms with van der Waals surface area (Å²) in [7, 11) is 0. The van der Waals surface area contributed by atoms with Gasteiger partial charge in [0.1, 0.15) is 5.82 Å². The van der Waals surface area contributed by atoms with Gasteiger partial charge < -0.3 is 4.90 Å². The van der Waals surface area contributed by atoms with Gasteiger partial charge in [-0.1, -0.05) is 0 Å². The summed E-state index contributed by atoms with van der Waals surface area (Å²) in [5.74, 6) is -0.135. The third-order valence-electron chi connectivity index (χ3n) is 4.72. The van der Waals surface area contributed by atoms with Crippen LogP contribution in [0.5, 0.6) is 0 Å². The summed E-state index contributed by atoms with van der Waals surface area (Å²) < 4.78 is 14.5. The first kappa shape index (κ1) is 16.5. The van der Waals surface area contributed by atoms with Crippen LogP contribution in [0.4, 0.5) is 4.39 Å². The molecule has 0 bridgehead atoms. The topological polar surface area (TPSA) is 70.5 Å². The molecule has 6 nitrogen and oxygen atoms in total. The Morgan fingerprint density at radius 1 is 1.12 bits per heavy atom. The van der Waals surface area contributed by atoms with E-state index in [0.717, 1.165) is 24.9 Å². The number of aromatic amines is 1. The van der Waals surface area contributed by atoms with Crippen LogP contribution in [-0.4, -0.2) is 38.5 Å². The number of rotatable bonds is 4. The maximum Gasteiger partial charge on any atom is 0.272 e. The van der Waals surface area contributed by atoms with E-state index >= 15 is 0 Å². The van der Waals surface area contributed by atoms with Crippen LogP contribution in [0, 0.1) is 5.82 Å². The Morgan fingerprint density at radius 2 is 1.92 bits per heavy atom. The third kappa shape index (κ3) is 3.24. The molecule has 7 heteroatoms. The second-order valence-electron chi connectivity index (χ2n) is 6.54. The van der Waals surface area contributed by atoms with Crippen molar-refractivity contribution in [3.8, 4) is 11.3 Å². The average molecular weight is 354 g/mol. The fourth-order valence-electron chi connectivity index (χ4n) is 3.29. The van der Waals surface area contributed by atoms with Crippen molar-refractivity contribution in [3.63, 3.8) is 0 Å². The lowest BCUT2D eigenvalue weighted by molar-refractivity contribution is -0.133. The number of aromatic nitrogens is 3. The van der Waals surface area contributed by atoms with Crippen molar-refractivity contribution in [1.29, 1.82) is 0 Å². The number of benzene rings is 1. The number of halogens is 1. The molecule has 1 fully saturated rings. The van der Waals surface area contributed by atoms with Gasteiger partial charge in [-0.15, -0.1) is 0 Å². The van der Waals surface area contributed by atoms with Crippen LogP contribution < -0.4 is 5.56 Å². The predicted octanol–water partition coefficient (Wildman–Crippen LogP) is 2.38. The fourth-order valence-corrected chi connectivity index (χ4v) is 3.29. The minimum absolute atomic E-state index is 0.175. The van der Waals surface area contributed by atoms with E-state index in [4.69, 9.17) is 0 Å². The first-order valence-electron chi connectivity index (χ1n) is 8.75. The van der Waals surface area contributed by atoms with E-state index in [2.05, 4.69) is 10.1 Å². The SMILES string of the molecule is O=C1CCCCN1CCc1cc(=O)n2[nH]c(-c3ccc(F)cc3)cc2n1. The summed E-state index contributed by atoms with van der Waals surface area (Å²) in [6.07, 6.45) is 3.14. The lowest BCUT2D eigenvalue weighted by atomic mass is 10.1. The molecule has 1 aliphatic rings. The van der Waals surface area contributed by atoms with Gasteiger partial charge in [0.2, 0.25) is 5.91 Å². The number of piperidine rings is 1. The Balaban J connectivity index is 1.58. The highest BCUT2D eigenvalue weighted by Gasteiger charge is 2.18. The molecule has 0 atom stereocenters. The van der Waals surface area contributed by atoms with Gasteiger partial charge in [-0.25, -0.2) is 13.9 Å². The molecule has 3 heterocycles. The van der Waals surface area contributed by atoms with Crippen LogP contribution in [0.25, 0.3) is 16.9 Å². The smallest absolute Gasteiger partial charge is 0.272 e. The standard InChI is InChI=1S/C19H19FN4O2/c20-14-6-4-13(5-7-14)16-12-17-21-15(11-19(26)24(17)22-16)8-10-23-9-2-1-3-18(23)25/h4-7,11-12,22H,1-3,8-10H2. The van der Waals surface area contributed by atoms with Crippen LogP contribution >= 0.6 is 0 Å². The van der Waals surface area contributed by atoms with Crippen molar-refractivity contribution >= 4 is 11.6 Å². The molecule has 0 aliphatic carbocycles. The number of nitrogens with one attached hydrogen (secondary N) is 1. The Kier molecular flexibility index (Phi) is 4.28. The zero-order valence-electron chi connectivity index (χ0n) is 14.2. The van der Waals surface area contributed by atoms with Gasteiger partial charge >= 0.3 is 0 Å². The van der Waals surface area contributed by atoms with Crippen LogP contribution in [0.3, 0.4) is 0 Å². The van der Waals surface area contributed by atoms with Gasteiger partial charge in [-0.05, 0) is 42.7 Å². The van der Waals surface area contributed by atoms with E-state index in [1.165, 1.54) is 22.7 Å². The summed E-state index contributed by atoms with van der Waals surface area (Å²) in [5, 5.41) is 2.99. The minimum atomic E-state index is -0.310. The fraction of sp³-hybridized carbons (Fsp3) is 0.316. The van der Waals surface area contributed by atoms with E-state index in [0.29, 0.717) is 36.4 Å². The maximum absolute atomic E-state index is 13.1.